The normalized spacial score (nSPS) is 14.0. The topological polar surface area (TPSA) is 83.5 Å². The van der Waals surface area contributed by atoms with E-state index in [2.05, 4.69) is 4.72 Å². The number of benzene rings is 2. The van der Waals surface area contributed by atoms with Gasteiger partial charge in [-0.25, -0.2) is 13.1 Å². The van der Waals surface area contributed by atoms with E-state index in [9.17, 15) is 13.2 Å². The van der Waals surface area contributed by atoms with Crippen LogP contribution in [0.15, 0.2) is 59.5 Å². The van der Waals surface area contributed by atoms with Gasteiger partial charge in [0.25, 0.3) is 0 Å². The van der Waals surface area contributed by atoms with Crippen molar-refractivity contribution in [3.05, 3.63) is 65.7 Å². The minimum Gasteiger partial charge on any atom is -0.481 e. The molecule has 6 heteroatoms. The Hall–Kier alpha value is -2.18. The molecule has 0 unspecified atom stereocenters. The first-order valence-electron chi connectivity index (χ1n) is 8.13. The molecule has 2 aromatic rings. The quantitative estimate of drug-likeness (QED) is 0.757. The first kappa shape index (κ1) is 19.1. The van der Waals surface area contributed by atoms with Gasteiger partial charge in [0.2, 0.25) is 10.0 Å². The molecule has 0 aliphatic heterocycles. The predicted octanol–water partition coefficient (Wildman–Crippen LogP) is 3.00. The monoisotopic (exact) mass is 361 g/mol. The minimum absolute atomic E-state index is 0.180. The molecule has 0 fully saturated rings. The highest BCUT2D eigenvalue weighted by Gasteiger charge is 2.24. The number of carboxylic acid groups (broad SMARTS) is 1. The van der Waals surface area contributed by atoms with Crippen LogP contribution in [0.2, 0.25) is 0 Å². The summed E-state index contributed by atoms with van der Waals surface area (Å²) in [5.74, 6) is -1.58. The molecule has 0 aliphatic rings. The molecule has 5 nitrogen and oxygen atoms in total. The number of sulfonamides is 1. The number of hydrogen-bond donors (Lipinski definition) is 2. The van der Waals surface area contributed by atoms with Crippen molar-refractivity contribution < 1.29 is 18.3 Å². The Labute approximate surface area is 148 Å². The number of carbonyl (C=O) groups is 1. The molecule has 2 aromatic carbocycles. The van der Waals surface area contributed by atoms with Crippen molar-refractivity contribution in [1.82, 2.24) is 4.72 Å². The fourth-order valence-electron chi connectivity index (χ4n) is 2.60. The van der Waals surface area contributed by atoms with Crippen molar-refractivity contribution >= 4 is 16.0 Å². The molecule has 25 heavy (non-hydrogen) atoms. The number of aliphatic carboxylic acids is 1. The largest absolute Gasteiger partial charge is 0.481 e. The Bertz CT molecular complexity index is 801. The molecule has 0 radical (unpaired) electrons. The lowest BCUT2D eigenvalue weighted by molar-refractivity contribution is -0.141. The first-order chi connectivity index (χ1) is 11.8. The predicted molar refractivity (Wildman–Crippen MR) is 96.9 cm³/mol. The lowest BCUT2D eigenvalue weighted by Crippen LogP contribution is -2.38. The molecule has 0 saturated heterocycles. The van der Waals surface area contributed by atoms with Crippen molar-refractivity contribution in [1.29, 1.82) is 0 Å². The van der Waals surface area contributed by atoms with Crippen molar-refractivity contribution in [2.24, 2.45) is 5.92 Å². The highest BCUT2D eigenvalue weighted by Crippen LogP contribution is 2.16. The summed E-state index contributed by atoms with van der Waals surface area (Å²) in [5.41, 5.74) is 1.93. The molecule has 0 aromatic heterocycles. The van der Waals surface area contributed by atoms with Gasteiger partial charge >= 0.3 is 5.97 Å². The Balaban J connectivity index is 2.21. The van der Waals surface area contributed by atoms with Crippen molar-refractivity contribution in [2.75, 3.05) is 0 Å². The number of carboxylic acids is 1. The average Bonchev–Trinajstić information content (AvgIpc) is 2.55. The Kier molecular flexibility index (Phi) is 6.33. The zero-order valence-corrected chi connectivity index (χ0v) is 15.2. The second kappa shape index (κ2) is 8.27. The third-order valence-corrected chi connectivity index (χ3v) is 5.57. The summed E-state index contributed by atoms with van der Waals surface area (Å²) in [5, 5.41) is 9.17. The van der Waals surface area contributed by atoms with Crippen LogP contribution in [0.25, 0.3) is 0 Å². The fourth-order valence-corrected chi connectivity index (χ4v) is 3.85. The van der Waals surface area contributed by atoms with Gasteiger partial charge < -0.3 is 5.11 Å². The smallest absolute Gasteiger partial charge is 0.306 e. The van der Waals surface area contributed by atoms with E-state index in [1.807, 2.05) is 37.3 Å². The lowest BCUT2D eigenvalue weighted by atomic mass is 9.97. The van der Waals surface area contributed by atoms with Gasteiger partial charge in [-0.2, -0.15) is 0 Å². The summed E-state index contributed by atoms with van der Waals surface area (Å²) in [7, 11) is -3.71. The standard InChI is InChI=1S/C19H23NO4S/c1-14-8-10-18(11-9-14)25(23,24)20-17(12-15(2)19(21)22)13-16-6-4-3-5-7-16/h3-11,15,17,20H,12-13H2,1-2H3,(H,21,22)/t15-,17-/m0/s1. The second-order valence-corrected chi connectivity index (χ2v) is 8.01. The third-order valence-electron chi connectivity index (χ3n) is 4.04. The van der Waals surface area contributed by atoms with Gasteiger partial charge in [-0.05, 0) is 37.5 Å². The van der Waals surface area contributed by atoms with E-state index in [4.69, 9.17) is 5.11 Å². The van der Waals surface area contributed by atoms with Gasteiger partial charge in [0.15, 0.2) is 0 Å². The molecule has 2 rings (SSSR count). The van der Waals surface area contributed by atoms with E-state index in [-0.39, 0.29) is 11.3 Å². The van der Waals surface area contributed by atoms with Gasteiger partial charge in [-0.3, -0.25) is 4.79 Å². The van der Waals surface area contributed by atoms with Crippen molar-refractivity contribution in [3.63, 3.8) is 0 Å². The van der Waals surface area contributed by atoms with E-state index < -0.39 is 28.0 Å². The summed E-state index contributed by atoms with van der Waals surface area (Å²) in [6.07, 6.45) is 0.652. The summed E-state index contributed by atoms with van der Waals surface area (Å²) in [4.78, 5) is 11.4. The van der Waals surface area contributed by atoms with Crippen LogP contribution >= 0.6 is 0 Å². The summed E-state index contributed by atoms with van der Waals surface area (Å²) in [6, 6.07) is 15.5. The van der Waals surface area contributed by atoms with Crippen LogP contribution in [-0.2, 0) is 21.2 Å². The van der Waals surface area contributed by atoms with Gasteiger partial charge in [-0.1, -0.05) is 55.0 Å². The average molecular weight is 361 g/mol. The van der Waals surface area contributed by atoms with Gasteiger partial charge in [-0.15, -0.1) is 0 Å². The first-order valence-corrected chi connectivity index (χ1v) is 9.62. The number of nitrogens with one attached hydrogen (secondary N) is 1. The molecule has 134 valence electrons. The molecule has 0 amide bonds. The van der Waals surface area contributed by atoms with Crippen LogP contribution < -0.4 is 4.72 Å². The van der Waals surface area contributed by atoms with Crippen LogP contribution in [0.5, 0.6) is 0 Å². The molecule has 2 atom stereocenters. The van der Waals surface area contributed by atoms with Gasteiger partial charge in [0.05, 0.1) is 10.8 Å². The second-order valence-electron chi connectivity index (χ2n) is 6.30. The molecule has 2 N–H and O–H groups in total. The zero-order valence-electron chi connectivity index (χ0n) is 14.3. The maximum Gasteiger partial charge on any atom is 0.306 e. The van der Waals surface area contributed by atoms with Crippen LogP contribution in [0.1, 0.15) is 24.5 Å². The highest BCUT2D eigenvalue weighted by atomic mass is 32.2. The van der Waals surface area contributed by atoms with Crippen LogP contribution in [0.4, 0.5) is 0 Å². The Morgan fingerprint density at radius 3 is 2.24 bits per heavy atom. The minimum atomic E-state index is -3.71. The molecule has 0 aliphatic carbocycles. The number of hydrogen-bond acceptors (Lipinski definition) is 3. The van der Waals surface area contributed by atoms with Crippen LogP contribution in [0, 0.1) is 12.8 Å². The third kappa shape index (κ3) is 5.69. The highest BCUT2D eigenvalue weighted by molar-refractivity contribution is 7.89. The summed E-state index contributed by atoms with van der Waals surface area (Å²) in [6.45, 7) is 3.47. The summed E-state index contributed by atoms with van der Waals surface area (Å²) >= 11 is 0. The molecule has 0 heterocycles. The van der Waals surface area contributed by atoms with E-state index in [0.29, 0.717) is 6.42 Å². The Morgan fingerprint density at radius 2 is 1.68 bits per heavy atom. The van der Waals surface area contributed by atoms with E-state index in [1.54, 1.807) is 31.2 Å². The SMILES string of the molecule is Cc1ccc(S(=O)(=O)N[C@H](Cc2ccccc2)C[C@H](C)C(=O)O)cc1. The van der Waals surface area contributed by atoms with E-state index in [1.165, 1.54) is 0 Å². The molecular weight excluding hydrogens is 338 g/mol. The number of aryl methyl sites for hydroxylation is 1. The van der Waals surface area contributed by atoms with Crippen molar-refractivity contribution in [2.45, 2.75) is 37.6 Å². The number of rotatable bonds is 8. The molecule has 0 spiro atoms. The molecular formula is C19H23NO4S. The van der Waals surface area contributed by atoms with Crippen LogP contribution in [-0.4, -0.2) is 25.5 Å². The Morgan fingerprint density at radius 1 is 1.08 bits per heavy atom. The van der Waals surface area contributed by atoms with E-state index in [0.717, 1.165) is 11.1 Å². The lowest BCUT2D eigenvalue weighted by Gasteiger charge is -2.21. The maximum absolute atomic E-state index is 12.6. The summed E-state index contributed by atoms with van der Waals surface area (Å²) < 4.78 is 27.9. The molecule has 0 bridgehead atoms. The maximum atomic E-state index is 12.6. The van der Waals surface area contributed by atoms with Gasteiger partial charge in [0.1, 0.15) is 0 Å². The zero-order chi connectivity index (χ0) is 18.4. The van der Waals surface area contributed by atoms with E-state index >= 15 is 0 Å². The van der Waals surface area contributed by atoms with Crippen molar-refractivity contribution in [3.8, 4) is 0 Å². The van der Waals surface area contributed by atoms with Crippen LogP contribution in [0.3, 0.4) is 0 Å². The fraction of sp³-hybridized carbons (Fsp3) is 0.316. The van der Waals surface area contributed by atoms with Gasteiger partial charge in [0, 0.05) is 6.04 Å². The molecule has 0 saturated carbocycles.